The molecule has 1 atom stereocenters. The van der Waals surface area contributed by atoms with Crippen molar-refractivity contribution in [2.24, 2.45) is 0 Å². The van der Waals surface area contributed by atoms with Crippen LogP contribution in [0.25, 0.3) is 5.76 Å². The Hall–Kier alpha value is -2.97. The van der Waals surface area contributed by atoms with E-state index in [-0.39, 0.29) is 11.3 Å². The second-order valence-corrected chi connectivity index (χ2v) is 7.67. The van der Waals surface area contributed by atoms with E-state index in [1.54, 1.807) is 18.7 Å². The van der Waals surface area contributed by atoms with Gasteiger partial charge in [-0.2, -0.15) is 5.10 Å². The molecule has 0 saturated carbocycles. The second kappa shape index (κ2) is 8.41. The Kier molecular flexibility index (Phi) is 5.69. The Labute approximate surface area is 175 Å². The van der Waals surface area contributed by atoms with Crippen molar-refractivity contribution in [3.05, 3.63) is 58.4 Å². The highest BCUT2D eigenvalue weighted by Gasteiger charge is 2.46. The lowest BCUT2D eigenvalue weighted by Crippen LogP contribution is -2.42. The van der Waals surface area contributed by atoms with Crippen LogP contribution in [0.1, 0.15) is 28.6 Å². The van der Waals surface area contributed by atoms with Gasteiger partial charge in [-0.1, -0.05) is 30.3 Å². The number of carbonyl (C=O) groups excluding carboxylic acids is 2. The largest absolute Gasteiger partial charge is 0.507 e. The Morgan fingerprint density at radius 1 is 1.17 bits per heavy atom. The van der Waals surface area contributed by atoms with E-state index in [1.807, 2.05) is 30.3 Å². The molecule has 8 nitrogen and oxygen atoms in total. The van der Waals surface area contributed by atoms with Crippen molar-refractivity contribution in [3.63, 3.8) is 0 Å². The number of nitrogens with one attached hydrogen (secondary N) is 1. The van der Waals surface area contributed by atoms with Crippen molar-refractivity contribution >= 4 is 17.4 Å². The molecule has 1 aromatic carbocycles. The topological polar surface area (TPSA) is 98.8 Å². The minimum Gasteiger partial charge on any atom is -0.507 e. The highest BCUT2D eigenvalue weighted by atomic mass is 16.5. The van der Waals surface area contributed by atoms with Crippen molar-refractivity contribution < 1.29 is 19.4 Å². The fourth-order valence-corrected chi connectivity index (χ4v) is 4.20. The number of nitrogens with zero attached hydrogens (tertiary/aromatic N) is 3. The third-order valence-electron chi connectivity index (χ3n) is 5.78. The van der Waals surface area contributed by atoms with Crippen molar-refractivity contribution in [1.29, 1.82) is 0 Å². The zero-order valence-electron chi connectivity index (χ0n) is 17.2. The molecule has 8 heteroatoms. The molecule has 0 unspecified atom stereocenters. The molecule has 0 bridgehead atoms. The van der Waals surface area contributed by atoms with E-state index >= 15 is 0 Å². The maximum atomic E-state index is 13.0. The number of morpholine rings is 1. The number of aryl methyl sites for hydroxylation is 2. The molecule has 0 aliphatic carbocycles. The average Bonchev–Trinajstić information content (AvgIpc) is 3.23. The molecule has 2 aliphatic heterocycles. The Bertz CT molecular complexity index is 957. The van der Waals surface area contributed by atoms with Crippen LogP contribution < -0.4 is 0 Å². The van der Waals surface area contributed by atoms with Gasteiger partial charge in [0.25, 0.3) is 11.7 Å². The number of hydrogen-bond donors (Lipinski definition) is 2. The lowest BCUT2D eigenvalue weighted by atomic mass is 9.95. The van der Waals surface area contributed by atoms with Crippen LogP contribution in [0, 0.1) is 13.8 Å². The summed E-state index contributed by atoms with van der Waals surface area (Å²) in [6, 6.07) is 8.73. The van der Waals surface area contributed by atoms with Gasteiger partial charge >= 0.3 is 0 Å². The van der Waals surface area contributed by atoms with Crippen molar-refractivity contribution in [3.8, 4) is 0 Å². The fraction of sp³-hybridized carbons (Fsp3) is 0.409. The van der Waals surface area contributed by atoms with Gasteiger partial charge in [-0.3, -0.25) is 19.6 Å². The standard InChI is InChI=1S/C22H26N4O4/c1-14-17(15(2)24-23-14)20(27)18-19(16-6-4-3-5-7-16)26(22(29)21(18)28)9-8-25-10-12-30-13-11-25/h3-7,19,27H,8-13H2,1-2H3,(H,23,24)/t19-/m1/s1. The fourth-order valence-electron chi connectivity index (χ4n) is 4.20. The van der Waals surface area contributed by atoms with Gasteiger partial charge in [-0.05, 0) is 19.4 Å². The number of H-pyrrole nitrogens is 1. The number of aliphatic hydroxyl groups is 1. The van der Waals surface area contributed by atoms with Gasteiger partial charge in [0.2, 0.25) is 0 Å². The van der Waals surface area contributed by atoms with Gasteiger partial charge in [-0.25, -0.2) is 0 Å². The summed E-state index contributed by atoms with van der Waals surface area (Å²) in [6.45, 7) is 7.50. The van der Waals surface area contributed by atoms with E-state index in [9.17, 15) is 14.7 Å². The lowest BCUT2D eigenvalue weighted by molar-refractivity contribution is -0.140. The number of ketones is 1. The number of carbonyl (C=O) groups is 2. The molecular formula is C22H26N4O4. The van der Waals surface area contributed by atoms with Crippen LogP contribution in [0.3, 0.4) is 0 Å². The van der Waals surface area contributed by atoms with Crippen molar-refractivity contribution in [2.45, 2.75) is 19.9 Å². The first-order valence-electron chi connectivity index (χ1n) is 10.1. The monoisotopic (exact) mass is 410 g/mol. The molecule has 2 aliphatic rings. The molecule has 30 heavy (non-hydrogen) atoms. The molecule has 0 spiro atoms. The number of Topliss-reactive ketones (excluding diaryl/α,β-unsaturated/α-hetero) is 1. The van der Waals surface area contributed by atoms with E-state index in [4.69, 9.17) is 4.74 Å². The molecule has 2 N–H and O–H groups in total. The summed E-state index contributed by atoms with van der Waals surface area (Å²) in [6.07, 6.45) is 0. The number of rotatable bonds is 5. The number of amides is 1. The van der Waals surface area contributed by atoms with Crippen LogP contribution in [0.5, 0.6) is 0 Å². The van der Waals surface area contributed by atoms with Gasteiger partial charge in [0.05, 0.1) is 36.1 Å². The predicted octanol–water partition coefficient (Wildman–Crippen LogP) is 1.78. The number of hydrogen-bond acceptors (Lipinski definition) is 6. The zero-order valence-corrected chi connectivity index (χ0v) is 17.2. The normalized spacial score (nSPS) is 22.1. The lowest BCUT2D eigenvalue weighted by Gasteiger charge is -2.31. The van der Waals surface area contributed by atoms with E-state index < -0.39 is 17.7 Å². The first-order valence-corrected chi connectivity index (χ1v) is 10.1. The Balaban J connectivity index is 1.74. The first-order chi connectivity index (χ1) is 14.5. The molecule has 0 radical (unpaired) electrons. The van der Waals surface area contributed by atoms with Crippen LogP contribution >= 0.6 is 0 Å². The summed E-state index contributed by atoms with van der Waals surface area (Å²) >= 11 is 0. The third kappa shape index (κ3) is 3.64. The molecule has 1 amide bonds. The van der Waals surface area contributed by atoms with E-state index in [0.717, 1.165) is 18.7 Å². The highest BCUT2D eigenvalue weighted by Crippen LogP contribution is 2.39. The van der Waals surface area contributed by atoms with Crippen LogP contribution in [0.2, 0.25) is 0 Å². The Morgan fingerprint density at radius 2 is 1.87 bits per heavy atom. The predicted molar refractivity (Wildman–Crippen MR) is 111 cm³/mol. The summed E-state index contributed by atoms with van der Waals surface area (Å²) in [4.78, 5) is 29.8. The van der Waals surface area contributed by atoms with Crippen LogP contribution in [0.4, 0.5) is 0 Å². The van der Waals surface area contributed by atoms with Gasteiger partial charge in [0, 0.05) is 31.9 Å². The minimum absolute atomic E-state index is 0.112. The summed E-state index contributed by atoms with van der Waals surface area (Å²) in [5.74, 6) is -1.43. The summed E-state index contributed by atoms with van der Waals surface area (Å²) < 4.78 is 5.39. The second-order valence-electron chi connectivity index (χ2n) is 7.67. The summed E-state index contributed by atoms with van der Waals surface area (Å²) in [7, 11) is 0. The summed E-state index contributed by atoms with van der Waals surface area (Å²) in [5.41, 5.74) is 2.61. The van der Waals surface area contributed by atoms with Crippen LogP contribution in [-0.2, 0) is 14.3 Å². The van der Waals surface area contributed by atoms with Gasteiger partial charge < -0.3 is 14.7 Å². The quantitative estimate of drug-likeness (QED) is 0.443. The van der Waals surface area contributed by atoms with Gasteiger partial charge in [0.1, 0.15) is 5.76 Å². The van der Waals surface area contributed by atoms with Gasteiger partial charge in [0.15, 0.2) is 0 Å². The maximum absolute atomic E-state index is 13.0. The average molecular weight is 410 g/mol. The smallest absolute Gasteiger partial charge is 0.295 e. The molecule has 2 fully saturated rings. The molecule has 4 rings (SSSR count). The minimum atomic E-state index is -0.664. The molecular weight excluding hydrogens is 384 g/mol. The number of ether oxygens (including phenoxy) is 1. The van der Waals surface area contributed by atoms with E-state index in [2.05, 4.69) is 15.1 Å². The Morgan fingerprint density at radius 3 is 2.50 bits per heavy atom. The highest BCUT2D eigenvalue weighted by molar-refractivity contribution is 6.46. The molecule has 1 aromatic heterocycles. The van der Waals surface area contributed by atoms with Crippen molar-refractivity contribution in [2.75, 3.05) is 39.4 Å². The number of aromatic nitrogens is 2. The third-order valence-corrected chi connectivity index (χ3v) is 5.78. The van der Waals surface area contributed by atoms with E-state index in [0.29, 0.717) is 43.3 Å². The first kappa shape index (κ1) is 20.3. The molecule has 158 valence electrons. The van der Waals surface area contributed by atoms with E-state index in [1.165, 1.54) is 0 Å². The molecule has 2 saturated heterocycles. The number of likely N-dealkylation sites (tertiary alicyclic amines) is 1. The number of aliphatic hydroxyl groups excluding tert-OH is 1. The van der Waals surface area contributed by atoms with Gasteiger partial charge in [-0.15, -0.1) is 0 Å². The molecule has 3 heterocycles. The zero-order chi connectivity index (χ0) is 21.3. The maximum Gasteiger partial charge on any atom is 0.295 e. The molecule has 2 aromatic rings. The van der Waals surface area contributed by atoms with Crippen LogP contribution in [0.15, 0.2) is 35.9 Å². The summed E-state index contributed by atoms with van der Waals surface area (Å²) in [5, 5.41) is 18.1. The van der Waals surface area contributed by atoms with Crippen LogP contribution in [-0.4, -0.2) is 76.2 Å². The number of aromatic amines is 1. The van der Waals surface area contributed by atoms with Crippen molar-refractivity contribution in [1.82, 2.24) is 20.0 Å². The SMILES string of the molecule is Cc1n[nH]c(C)c1C(O)=C1C(=O)C(=O)N(CCN2CCOCC2)[C@@H]1c1ccccc1. The number of benzene rings is 1.